The highest BCUT2D eigenvalue weighted by molar-refractivity contribution is 5.89. The lowest BCUT2D eigenvalue weighted by Crippen LogP contribution is -2.32. The van der Waals surface area contributed by atoms with Crippen molar-refractivity contribution in [2.75, 3.05) is 31.6 Å². The summed E-state index contributed by atoms with van der Waals surface area (Å²) in [5, 5.41) is 15.6. The molecular formula is C17H23N3O3. The van der Waals surface area contributed by atoms with Gasteiger partial charge in [0.1, 0.15) is 5.76 Å². The van der Waals surface area contributed by atoms with E-state index in [1.54, 1.807) is 13.0 Å². The fraction of sp³-hybridized carbons (Fsp3) is 0.412. The average molecular weight is 317 g/mol. The molecule has 0 atom stereocenters. The minimum atomic E-state index is -0.110. The van der Waals surface area contributed by atoms with Crippen LogP contribution in [-0.4, -0.2) is 47.3 Å². The van der Waals surface area contributed by atoms with E-state index in [2.05, 4.69) is 27.5 Å². The predicted octanol–water partition coefficient (Wildman–Crippen LogP) is 1.85. The largest absolute Gasteiger partial charge is 0.395 e. The highest BCUT2D eigenvalue weighted by atomic mass is 16.5. The molecule has 0 saturated carbocycles. The molecule has 0 saturated heterocycles. The number of aliphatic hydroxyl groups excluding tert-OH is 1. The van der Waals surface area contributed by atoms with E-state index in [1.807, 2.05) is 18.2 Å². The molecule has 6 nitrogen and oxygen atoms in total. The standard InChI is InChI=1S/C17H23N3O3/c1-14-13-16(19-23-14)18-17(22)8-10-20(11-12-21)9-7-15-5-3-2-4-6-15/h2-6,13,21H,7-12H2,1H3,(H,18,19,22). The van der Waals surface area contributed by atoms with Crippen molar-refractivity contribution in [3.8, 4) is 0 Å². The van der Waals surface area contributed by atoms with Gasteiger partial charge in [-0.15, -0.1) is 0 Å². The van der Waals surface area contributed by atoms with Crippen molar-refractivity contribution in [1.29, 1.82) is 0 Å². The molecule has 1 aromatic heterocycles. The monoisotopic (exact) mass is 317 g/mol. The van der Waals surface area contributed by atoms with Gasteiger partial charge in [-0.25, -0.2) is 0 Å². The lowest BCUT2D eigenvalue weighted by atomic mass is 10.1. The first-order valence-corrected chi connectivity index (χ1v) is 7.77. The molecule has 0 radical (unpaired) electrons. The Hall–Kier alpha value is -2.18. The zero-order valence-corrected chi connectivity index (χ0v) is 13.4. The number of nitrogens with one attached hydrogen (secondary N) is 1. The van der Waals surface area contributed by atoms with Crippen molar-refractivity contribution >= 4 is 11.7 Å². The number of benzene rings is 1. The lowest BCUT2D eigenvalue weighted by Gasteiger charge is -2.20. The maximum absolute atomic E-state index is 11.9. The number of aryl methyl sites for hydroxylation is 1. The predicted molar refractivity (Wildman–Crippen MR) is 88.2 cm³/mol. The van der Waals surface area contributed by atoms with E-state index < -0.39 is 0 Å². The number of amides is 1. The molecular weight excluding hydrogens is 294 g/mol. The van der Waals surface area contributed by atoms with E-state index in [0.29, 0.717) is 31.1 Å². The van der Waals surface area contributed by atoms with Gasteiger partial charge in [-0.1, -0.05) is 35.5 Å². The number of hydrogen-bond donors (Lipinski definition) is 2. The molecule has 1 heterocycles. The van der Waals surface area contributed by atoms with E-state index in [9.17, 15) is 9.90 Å². The van der Waals surface area contributed by atoms with Gasteiger partial charge in [0.25, 0.3) is 0 Å². The number of nitrogens with zero attached hydrogens (tertiary/aromatic N) is 2. The Labute approximate surface area is 136 Å². The Morgan fingerprint density at radius 1 is 1.26 bits per heavy atom. The van der Waals surface area contributed by atoms with Gasteiger partial charge in [0, 0.05) is 32.1 Å². The average Bonchev–Trinajstić information content (AvgIpc) is 2.96. The molecule has 0 aliphatic rings. The Kier molecular flexibility index (Phi) is 6.77. The molecule has 6 heteroatoms. The quantitative estimate of drug-likeness (QED) is 0.738. The van der Waals surface area contributed by atoms with E-state index in [1.165, 1.54) is 5.56 Å². The zero-order chi connectivity index (χ0) is 16.5. The SMILES string of the molecule is Cc1cc(NC(=O)CCN(CCO)CCc2ccccc2)no1. The van der Waals surface area contributed by atoms with Crippen LogP contribution in [0.3, 0.4) is 0 Å². The third-order valence-corrected chi connectivity index (χ3v) is 3.53. The number of aromatic nitrogens is 1. The molecule has 1 amide bonds. The fourth-order valence-corrected chi connectivity index (χ4v) is 2.30. The molecule has 2 aromatic rings. The van der Waals surface area contributed by atoms with Crippen LogP contribution in [0.25, 0.3) is 0 Å². The molecule has 124 valence electrons. The van der Waals surface area contributed by atoms with Crippen LogP contribution in [0.15, 0.2) is 40.9 Å². The van der Waals surface area contributed by atoms with Crippen molar-refractivity contribution in [3.05, 3.63) is 47.7 Å². The molecule has 0 aliphatic carbocycles. The Morgan fingerprint density at radius 3 is 2.70 bits per heavy atom. The van der Waals surface area contributed by atoms with Crippen LogP contribution in [-0.2, 0) is 11.2 Å². The molecule has 2 rings (SSSR count). The van der Waals surface area contributed by atoms with Crippen LogP contribution < -0.4 is 5.32 Å². The summed E-state index contributed by atoms with van der Waals surface area (Å²) in [6.07, 6.45) is 1.24. The van der Waals surface area contributed by atoms with Crippen molar-refractivity contribution in [3.63, 3.8) is 0 Å². The summed E-state index contributed by atoms with van der Waals surface area (Å²) in [6.45, 7) is 3.81. The topological polar surface area (TPSA) is 78.6 Å². The van der Waals surface area contributed by atoms with Crippen LogP contribution in [0, 0.1) is 6.92 Å². The summed E-state index contributed by atoms with van der Waals surface area (Å²) < 4.78 is 4.91. The molecule has 0 unspecified atom stereocenters. The van der Waals surface area contributed by atoms with Gasteiger partial charge < -0.3 is 19.8 Å². The van der Waals surface area contributed by atoms with Crippen LogP contribution in [0.1, 0.15) is 17.7 Å². The maximum Gasteiger partial charge on any atom is 0.226 e. The number of hydrogen-bond acceptors (Lipinski definition) is 5. The smallest absolute Gasteiger partial charge is 0.226 e. The summed E-state index contributed by atoms with van der Waals surface area (Å²) >= 11 is 0. The number of rotatable bonds is 9. The highest BCUT2D eigenvalue weighted by Gasteiger charge is 2.10. The highest BCUT2D eigenvalue weighted by Crippen LogP contribution is 2.08. The summed E-state index contributed by atoms with van der Waals surface area (Å²) in [4.78, 5) is 14.0. The molecule has 23 heavy (non-hydrogen) atoms. The summed E-state index contributed by atoms with van der Waals surface area (Å²) in [5.41, 5.74) is 1.25. The third-order valence-electron chi connectivity index (χ3n) is 3.53. The Morgan fingerprint density at radius 2 is 2.04 bits per heavy atom. The van der Waals surface area contributed by atoms with E-state index in [-0.39, 0.29) is 12.5 Å². The maximum atomic E-state index is 11.9. The zero-order valence-electron chi connectivity index (χ0n) is 13.4. The number of aliphatic hydroxyl groups is 1. The second-order valence-corrected chi connectivity index (χ2v) is 5.42. The van der Waals surface area contributed by atoms with E-state index in [4.69, 9.17) is 4.52 Å². The first-order valence-electron chi connectivity index (χ1n) is 7.77. The van der Waals surface area contributed by atoms with Crippen LogP contribution in [0.2, 0.25) is 0 Å². The normalized spacial score (nSPS) is 10.9. The molecule has 0 spiro atoms. The Bertz CT molecular complexity index is 598. The molecule has 2 N–H and O–H groups in total. The minimum Gasteiger partial charge on any atom is -0.395 e. The first kappa shape index (κ1) is 17.2. The van der Waals surface area contributed by atoms with Gasteiger partial charge in [-0.2, -0.15) is 0 Å². The molecule has 0 bridgehead atoms. The van der Waals surface area contributed by atoms with Gasteiger partial charge in [0.15, 0.2) is 5.82 Å². The van der Waals surface area contributed by atoms with Gasteiger partial charge >= 0.3 is 0 Å². The molecule has 1 aromatic carbocycles. The van der Waals surface area contributed by atoms with Crippen molar-refractivity contribution in [2.24, 2.45) is 0 Å². The van der Waals surface area contributed by atoms with Gasteiger partial charge in [-0.05, 0) is 18.9 Å². The third kappa shape index (κ3) is 6.22. The van der Waals surface area contributed by atoms with Crippen molar-refractivity contribution in [1.82, 2.24) is 10.1 Å². The number of anilines is 1. The first-order chi connectivity index (χ1) is 11.2. The van der Waals surface area contributed by atoms with Gasteiger partial charge in [0.05, 0.1) is 6.61 Å². The van der Waals surface area contributed by atoms with E-state index >= 15 is 0 Å². The van der Waals surface area contributed by atoms with Crippen LogP contribution >= 0.6 is 0 Å². The lowest BCUT2D eigenvalue weighted by molar-refractivity contribution is -0.116. The minimum absolute atomic E-state index is 0.0822. The van der Waals surface area contributed by atoms with Gasteiger partial charge in [-0.3, -0.25) is 4.79 Å². The molecule has 0 aliphatic heterocycles. The van der Waals surface area contributed by atoms with Crippen molar-refractivity contribution in [2.45, 2.75) is 19.8 Å². The second kappa shape index (κ2) is 9.07. The summed E-state index contributed by atoms with van der Waals surface area (Å²) in [5.74, 6) is 0.983. The number of carbonyl (C=O) groups excluding carboxylic acids is 1. The molecule has 0 fully saturated rings. The van der Waals surface area contributed by atoms with Crippen molar-refractivity contribution < 1.29 is 14.4 Å². The fourth-order valence-electron chi connectivity index (χ4n) is 2.30. The van der Waals surface area contributed by atoms with Crippen LogP contribution in [0.5, 0.6) is 0 Å². The van der Waals surface area contributed by atoms with E-state index in [0.717, 1.165) is 13.0 Å². The summed E-state index contributed by atoms with van der Waals surface area (Å²) in [6, 6.07) is 11.9. The van der Waals surface area contributed by atoms with Crippen LogP contribution in [0.4, 0.5) is 5.82 Å². The number of carbonyl (C=O) groups is 1. The summed E-state index contributed by atoms with van der Waals surface area (Å²) in [7, 11) is 0. The second-order valence-electron chi connectivity index (χ2n) is 5.42. The Balaban J connectivity index is 1.76. The van der Waals surface area contributed by atoms with Gasteiger partial charge in [0.2, 0.25) is 5.91 Å².